The molecule has 3 aromatic carbocycles. The largest absolute Gasteiger partial charge is 0.505 e. The van der Waals surface area contributed by atoms with Crippen LogP contribution in [0, 0.1) is 5.92 Å². The van der Waals surface area contributed by atoms with Crippen LogP contribution >= 0.6 is 0 Å². The van der Waals surface area contributed by atoms with Crippen molar-refractivity contribution in [3.05, 3.63) is 48.0 Å². The number of benzene rings is 3. The summed E-state index contributed by atoms with van der Waals surface area (Å²) in [5.74, 6) is -0.374. The molecule has 0 fully saturated rings. The quantitative estimate of drug-likeness (QED) is 0.0746. The zero-order valence-electron chi connectivity index (χ0n) is 23.8. The first-order valence-electron chi connectivity index (χ1n) is 13.8. The number of phenolic OH excluding ortho intramolecular Hbond substituents is 1. The molecule has 3 rings (SSSR count). The van der Waals surface area contributed by atoms with Crippen LogP contribution in [0.15, 0.2) is 67.4 Å². The number of aromatic hydroxyl groups is 1. The molecule has 15 heteroatoms. The summed E-state index contributed by atoms with van der Waals surface area (Å²) in [6, 6.07) is 8.53. The van der Waals surface area contributed by atoms with Gasteiger partial charge < -0.3 is 5.11 Å². The van der Waals surface area contributed by atoms with Crippen molar-refractivity contribution in [3.63, 3.8) is 0 Å². The average Bonchev–Trinajstić information content (AvgIpc) is 2.89. The summed E-state index contributed by atoms with van der Waals surface area (Å²) in [6.07, 6.45) is 10.5. The van der Waals surface area contributed by atoms with Crippen LogP contribution in [0.1, 0.15) is 70.8 Å². The molecule has 0 unspecified atom stereocenters. The Bertz CT molecular complexity index is 1800. The van der Waals surface area contributed by atoms with Gasteiger partial charge in [0, 0.05) is 5.39 Å². The van der Waals surface area contributed by atoms with Crippen LogP contribution < -0.4 is 0 Å². The van der Waals surface area contributed by atoms with Crippen molar-refractivity contribution in [1.29, 1.82) is 0 Å². The van der Waals surface area contributed by atoms with Crippen molar-refractivity contribution >= 4 is 52.5 Å². The second kappa shape index (κ2) is 14.2. The third kappa shape index (κ3) is 9.78. The summed E-state index contributed by atoms with van der Waals surface area (Å²) in [4.78, 5) is -3.18. The van der Waals surface area contributed by atoms with Crippen LogP contribution in [0.2, 0.25) is 0 Å². The summed E-state index contributed by atoms with van der Waals surface area (Å²) in [6.45, 7) is 4.48. The fourth-order valence-electron chi connectivity index (χ4n) is 4.67. The minimum Gasteiger partial charge on any atom is -0.505 e. The van der Waals surface area contributed by atoms with E-state index in [-0.39, 0.29) is 5.69 Å². The van der Waals surface area contributed by atoms with Gasteiger partial charge in [-0.05, 0) is 60.0 Å². The van der Waals surface area contributed by atoms with Gasteiger partial charge in [-0.3, -0.25) is 13.7 Å². The van der Waals surface area contributed by atoms with Gasteiger partial charge in [-0.25, -0.2) is 0 Å². The molecule has 0 spiro atoms. The van der Waals surface area contributed by atoms with E-state index in [1.807, 2.05) is 12.1 Å². The lowest BCUT2D eigenvalue weighted by atomic mass is 10.0. The van der Waals surface area contributed by atoms with Gasteiger partial charge in [0.05, 0.1) is 10.6 Å². The second-order valence-electron chi connectivity index (χ2n) is 10.8. The molecule has 0 saturated carbocycles. The smallest absolute Gasteiger partial charge is 0.296 e. The molecular weight excluding hydrogens is 621 g/mol. The van der Waals surface area contributed by atoms with Crippen molar-refractivity contribution < 1.29 is 44.0 Å². The molecular formula is C28H36N2O10S3. The molecule has 0 saturated heterocycles. The number of fused-ring (bicyclic) bond motifs is 1. The van der Waals surface area contributed by atoms with E-state index in [0.29, 0.717) is 18.2 Å². The van der Waals surface area contributed by atoms with Gasteiger partial charge in [-0.2, -0.15) is 30.4 Å². The molecule has 0 aliphatic carbocycles. The lowest BCUT2D eigenvalue weighted by Gasteiger charge is -2.12. The Hall–Kier alpha value is -2.95. The summed E-state index contributed by atoms with van der Waals surface area (Å²) >= 11 is 0. The highest BCUT2D eigenvalue weighted by Crippen LogP contribution is 2.44. The maximum absolute atomic E-state index is 12.1. The number of nitrogens with zero attached hydrogens (tertiary/aromatic N) is 2. The van der Waals surface area contributed by atoms with E-state index in [1.54, 1.807) is 12.1 Å². The second-order valence-corrected chi connectivity index (χ2v) is 15.0. The third-order valence-electron chi connectivity index (χ3n) is 6.89. The molecule has 0 aromatic heterocycles. The zero-order chi connectivity index (χ0) is 32.0. The standard InChI is InChI=1S/C28H36N2O10S3/c1-19(2)10-8-6-4-3-5-7-9-11-20-12-14-22(15-13-20)29-30-27-25(43(38,39)40)17-21-16-23(41(32,33)34)18-24(42(35,36)37)26(21)28(27)31/h12-19,31H,3-11H2,1-2H3,(H,32,33,34)(H,35,36,37)(H,38,39,40). The third-order valence-corrected chi connectivity index (χ3v) is 9.47. The van der Waals surface area contributed by atoms with E-state index in [2.05, 4.69) is 24.1 Å². The maximum Gasteiger partial charge on any atom is 0.296 e. The molecule has 0 amide bonds. The molecule has 0 heterocycles. The molecule has 0 aliphatic rings. The predicted molar refractivity (Wildman–Crippen MR) is 161 cm³/mol. The molecule has 236 valence electrons. The molecule has 12 nitrogen and oxygen atoms in total. The van der Waals surface area contributed by atoms with Gasteiger partial charge in [0.1, 0.15) is 15.5 Å². The van der Waals surface area contributed by atoms with Crippen molar-refractivity contribution in [2.45, 2.75) is 86.3 Å². The molecule has 3 aromatic rings. The zero-order valence-corrected chi connectivity index (χ0v) is 26.3. The van der Waals surface area contributed by atoms with Crippen LogP contribution in [0.25, 0.3) is 10.8 Å². The van der Waals surface area contributed by atoms with E-state index in [9.17, 15) is 44.0 Å². The number of rotatable bonds is 15. The SMILES string of the molecule is CC(C)CCCCCCCCCc1ccc(N=Nc2c(S(=O)(=O)O)cc3cc(S(=O)(=O)O)cc(S(=O)(=O)O)c3c2O)cc1. The van der Waals surface area contributed by atoms with Crippen LogP contribution in [0.4, 0.5) is 11.4 Å². The van der Waals surface area contributed by atoms with Crippen molar-refractivity contribution in [3.8, 4) is 5.75 Å². The number of unbranched alkanes of at least 4 members (excludes halogenated alkanes) is 6. The number of aryl methyl sites for hydroxylation is 1. The first-order chi connectivity index (χ1) is 20.0. The van der Waals surface area contributed by atoms with E-state index in [4.69, 9.17) is 0 Å². The number of hydrogen-bond donors (Lipinski definition) is 4. The number of azo groups is 1. The van der Waals surface area contributed by atoms with Crippen molar-refractivity contribution in [2.75, 3.05) is 0 Å². The molecule has 0 radical (unpaired) electrons. The molecule has 0 bridgehead atoms. The number of hydrogen-bond acceptors (Lipinski definition) is 9. The van der Waals surface area contributed by atoms with Gasteiger partial charge in [0.25, 0.3) is 30.4 Å². The molecule has 43 heavy (non-hydrogen) atoms. The lowest BCUT2D eigenvalue weighted by molar-refractivity contribution is 0.469. The predicted octanol–water partition coefficient (Wildman–Crippen LogP) is 7.02. The Morgan fingerprint density at radius 3 is 1.77 bits per heavy atom. The fraction of sp³-hybridized carbons (Fsp3) is 0.429. The first kappa shape index (κ1) is 34.5. The summed E-state index contributed by atoms with van der Waals surface area (Å²) in [5, 5.41) is 17.2. The first-order valence-corrected chi connectivity index (χ1v) is 18.1. The molecule has 0 aliphatic heterocycles. The summed E-state index contributed by atoms with van der Waals surface area (Å²) in [7, 11) is -15.4. The highest BCUT2D eigenvalue weighted by Gasteiger charge is 2.28. The Morgan fingerprint density at radius 2 is 1.23 bits per heavy atom. The Kier molecular flexibility index (Phi) is 11.4. The Labute approximate surface area is 252 Å². The Balaban J connectivity index is 1.82. The minimum atomic E-state index is -5.21. The maximum atomic E-state index is 12.1. The van der Waals surface area contributed by atoms with Gasteiger partial charge >= 0.3 is 0 Å². The van der Waals surface area contributed by atoms with Crippen LogP contribution in [-0.2, 0) is 36.8 Å². The van der Waals surface area contributed by atoms with Crippen LogP contribution in [0.3, 0.4) is 0 Å². The number of phenols is 1. The highest BCUT2D eigenvalue weighted by atomic mass is 32.2. The van der Waals surface area contributed by atoms with Gasteiger partial charge in [-0.1, -0.05) is 70.9 Å². The van der Waals surface area contributed by atoms with E-state index in [0.717, 1.165) is 30.7 Å². The topological polar surface area (TPSA) is 208 Å². The highest BCUT2D eigenvalue weighted by molar-refractivity contribution is 7.87. The lowest BCUT2D eigenvalue weighted by Crippen LogP contribution is -2.06. The van der Waals surface area contributed by atoms with E-state index >= 15 is 0 Å². The van der Waals surface area contributed by atoms with Gasteiger partial charge in [0.2, 0.25) is 0 Å². The molecule has 4 N–H and O–H groups in total. The summed E-state index contributed by atoms with van der Waals surface area (Å²) < 4.78 is 100. The molecule has 0 atom stereocenters. The van der Waals surface area contributed by atoms with Crippen molar-refractivity contribution in [2.24, 2.45) is 16.1 Å². The minimum absolute atomic E-state index is 0.252. The summed E-state index contributed by atoms with van der Waals surface area (Å²) in [5.41, 5.74) is 0.450. The van der Waals surface area contributed by atoms with E-state index in [1.165, 1.54) is 38.5 Å². The van der Waals surface area contributed by atoms with Crippen LogP contribution in [0.5, 0.6) is 5.75 Å². The Morgan fingerprint density at radius 1 is 0.674 bits per heavy atom. The van der Waals surface area contributed by atoms with Gasteiger partial charge in [0.15, 0.2) is 5.75 Å². The van der Waals surface area contributed by atoms with E-state index < -0.39 is 67.3 Å². The van der Waals surface area contributed by atoms with Crippen molar-refractivity contribution in [1.82, 2.24) is 0 Å². The fourth-order valence-corrected chi connectivity index (χ4v) is 6.69. The van der Waals surface area contributed by atoms with Gasteiger partial charge in [-0.15, -0.1) is 5.11 Å². The van der Waals surface area contributed by atoms with Crippen LogP contribution in [-0.4, -0.2) is 44.0 Å². The monoisotopic (exact) mass is 656 g/mol. The average molecular weight is 657 g/mol. The normalized spacial score (nSPS) is 13.0.